The number of rotatable bonds is 3. The Kier molecular flexibility index (Phi) is 5.84. The number of nitrogens with one attached hydrogen (secondary N) is 1. The van der Waals surface area contributed by atoms with E-state index >= 15 is 0 Å². The van der Waals surface area contributed by atoms with Gasteiger partial charge in [-0.25, -0.2) is 4.79 Å². The van der Waals surface area contributed by atoms with Crippen LogP contribution < -0.4 is 5.32 Å². The van der Waals surface area contributed by atoms with E-state index in [0.717, 1.165) is 38.5 Å². The maximum absolute atomic E-state index is 13.6. The summed E-state index contributed by atoms with van der Waals surface area (Å²) in [5, 5.41) is 14.8. The topological polar surface area (TPSA) is 92.7 Å². The molecule has 0 spiro atoms. The molecule has 0 bridgehead atoms. The van der Waals surface area contributed by atoms with E-state index in [0.29, 0.717) is 47.4 Å². The normalized spacial score (nSPS) is 41.8. The van der Waals surface area contributed by atoms with Gasteiger partial charge in [0.05, 0.1) is 11.5 Å². The van der Waals surface area contributed by atoms with Crippen LogP contribution >= 0.6 is 0 Å². The Balaban J connectivity index is 1.15. The van der Waals surface area contributed by atoms with Crippen molar-refractivity contribution in [3.05, 3.63) is 65.7 Å². The molecule has 4 aliphatic carbocycles. The molecule has 1 aliphatic heterocycles. The molecule has 6 nitrogen and oxygen atoms in total. The molecule has 6 heteroatoms. The number of carbonyl (C=O) groups excluding carboxylic acids is 3. The second-order valence-corrected chi connectivity index (χ2v) is 13.7. The Morgan fingerprint density at radius 3 is 2.42 bits per heavy atom. The molecule has 7 rings (SSSR count). The Morgan fingerprint density at radius 1 is 0.900 bits per heavy atom. The van der Waals surface area contributed by atoms with Crippen LogP contribution in [0.3, 0.4) is 0 Å². The molecule has 2 aromatic rings. The number of Topliss-reactive ketones (excluding diaryl/α,β-unsaturated/α-hetero) is 1. The molecule has 9 atom stereocenters. The third kappa shape index (κ3) is 3.54. The van der Waals surface area contributed by atoms with Gasteiger partial charge in [-0.15, -0.1) is 0 Å². The first kappa shape index (κ1) is 25.9. The van der Waals surface area contributed by atoms with Crippen LogP contribution in [0.4, 0.5) is 5.69 Å². The van der Waals surface area contributed by atoms with Crippen molar-refractivity contribution in [3.8, 4) is 0 Å². The molecule has 2 N–H and O–H groups in total. The summed E-state index contributed by atoms with van der Waals surface area (Å²) in [4.78, 5) is 39.8. The Morgan fingerprint density at radius 2 is 1.62 bits per heavy atom. The molecular formula is C34H39NO5. The first-order chi connectivity index (χ1) is 19.2. The van der Waals surface area contributed by atoms with Gasteiger partial charge in [-0.05, 0) is 92.2 Å². The molecule has 210 valence electrons. The van der Waals surface area contributed by atoms with Crippen LogP contribution in [0, 0.1) is 40.4 Å². The van der Waals surface area contributed by atoms with E-state index in [-0.39, 0.29) is 34.6 Å². The smallest absolute Gasteiger partial charge is 0.338 e. The van der Waals surface area contributed by atoms with Crippen molar-refractivity contribution in [2.45, 2.75) is 76.9 Å². The summed E-state index contributed by atoms with van der Waals surface area (Å²) in [6, 6.07) is 16.5. The van der Waals surface area contributed by atoms with Gasteiger partial charge in [-0.3, -0.25) is 9.59 Å². The van der Waals surface area contributed by atoms with Crippen LogP contribution in [0.25, 0.3) is 0 Å². The maximum atomic E-state index is 13.6. The molecule has 4 saturated carbocycles. The molecule has 1 heterocycles. The first-order valence-electron chi connectivity index (χ1n) is 15.1. The minimum absolute atomic E-state index is 0.0182. The number of para-hydroxylation sites is 1. The lowest BCUT2D eigenvalue weighted by atomic mass is 9.43. The van der Waals surface area contributed by atoms with Gasteiger partial charge in [0.15, 0.2) is 5.60 Å². The second kappa shape index (κ2) is 9.01. The lowest BCUT2D eigenvalue weighted by molar-refractivity contribution is -0.172. The summed E-state index contributed by atoms with van der Waals surface area (Å²) >= 11 is 0. The fraction of sp³-hybridized carbons (Fsp3) is 0.559. The summed E-state index contributed by atoms with van der Waals surface area (Å²) in [5.74, 6) is 0.224. The molecule has 0 saturated heterocycles. The van der Waals surface area contributed by atoms with Crippen LogP contribution in [0.1, 0.15) is 81.1 Å². The standard InChI is InChI=1S/C34H39NO5/c1-32-17-16-24-22(23(32)14-15-29(32)40-30(37)20-8-4-3-5-9-20)13-12-21-18-28(36)26(19-33(21,24)2)34(39)25-10-6-7-11-27(25)35-31(34)38/h3-11,21-24,26,29,39H,12-19H2,1-2H3,(H,35,38)/t21-,22+,23+,24+,26+,29-,32+,33+,34-/m1/s1. The monoisotopic (exact) mass is 541 g/mol. The number of ether oxygens (including phenoxy) is 1. The van der Waals surface area contributed by atoms with Crippen molar-refractivity contribution in [2.24, 2.45) is 40.4 Å². The van der Waals surface area contributed by atoms with Crippen molar-refractivity contribution in [1.29, 1.82) is 0 Å². The first-order valence-corrected chi connectivity index (χ1v) is 15.1. The minimum atomic E-state index is -1.82. The highest BCUT2D eigenvalue weighted by molar-refractivity contribution is 6.08. The van der Waals surface area contributed by atoms with E-state index in [2.05, 4.69) is 19.2 Å². The van der Waals surface area contributed by atoms with Gasteiger partial charge in [0.2, 0.25) is 0 Å². The number of hydrogen-bond donors (Lipinski definition) is 2. The summed E-state index contributed by atoms with van der Waals surface area (Å²) in [6.45, 7) is 4.66. The molecule has 1 amide bonds. The van der Waals surface area contributed by atoms with E-state index in [4.69, 9.17) is 4.74 Å². The maximum Gasteiger partial charge on any atom is 0.338 e. The average molecular weight is 542 g/mol. The van der Waals surface area contributed by atoms with Gasteiger partial charge in [0, 0.05) is 23.1 Å². The number of ketones is 1. The highest BCUT2D eigenvalue weighted by Crippen LogP contribution is 2.67. The SMILES string of the molecule is C[C@]12C[C@H]([C@@]3(O)C(=O)Nc4ccccc43)C(=O)C[C@H]1CC[C@@H]1[C@@H]2CC[C@]2(C)[C@H](OC(=O)c3ccccc3)CC[C@@H]12. The number of fused-ring (bicyclic) bond motifs is 6. The summed E-state index contributed by atoms with van der Waals surface area (Å²) < 4.78 is 6.18. The number of carbonyl (C=O) groups is 3. The highest BCUT2D eigenvalue weighted by atomic mass is 16.5. The van der Waals surface area contributed by atoms with Crippen LogP contribution in [0.5, 0.6) is 0 Å². The van der Waals surface area contributed by atoms with E-state index in [1.165, 1.54) is 0 Å². The molecular weight excluding hydrogens is 502 g/mol. The molecule has 0 aromatic heterocycles. The number of anilines is 1. The number of benzene rings is 2. The van der Waals surface area contributed by atoms with E-state index in [1.54, 1.807) is 12.1 Å². The zero-order valence-corrected chi connectivity index (χ0v) is 23.4. The Bertz CT molecular complexity index is 1370. The van der Waals surface area contributed by atoms with Gasteiger partial charge in [-0.2, -0.15) is 0 Å². The van der Waals surface area contributed by atoms with Crippen molar-refractivity contribution < 1.29 is 24.2 Å². The Labute approximate surface area is 235 Å². The zero-order chi connectivity index (χ0) is 27.9. The summed E-state index contributed by atoms with van der Waals surface area (Å²) in [7, 11) is 0. The zero-order valence-electron chi connectivity index (χ0n) is 23.4. The van der Waals surface area contributed by atoms with Crippen LogP contribution in [0.2, 0.25) is 0 Å². The lowest BCUT2D eigenvalue weighted by Crippen LogP contribution is -2.58. The van der Waals surface area contributed by atoms with Crippen LogP contribution in [-0.4, -0.2) is 28.9 Å². The number of aliphatic hydroxyl groups is 1. The average Bonchev–Trinajstić information content (AvgIpc) is 3.42. The predicted octanol–water partition coefficient (Wildman–Crippen LogP) is 5.89. The number of esters is 1. The van der Waals surface area contributed by atoms with Crippen LogP contribution in [-0.2, 0) is 19.9 Å². The van der Waals surface area contributed by atoms with Crippen molar-refractivity contribution in [1.82, 2.24) is 0 Å². The molecule has 2 aromatic carbocycles. The molecule has 0 radical (unpaired) electrons. The summed E-state index contributed by atoms with van der Waals surface area (Å²) in [6.07, 6.45) is 6.92. The third-order valence-electron chi connectivity index (χ3n) is 12.2. The van der Waals surface area contributed by atoms with E-state index in [9.17, 15) is 19.5 Å². The van der Waals surface area contributed by atoms with Gasteiger partial charge in [-0.1, -0.05) is 50.2 Å². The van der Waals surface area contributed by atoms with Crippen molar-refractivity contribution >= 4 is 23.3 Å². The van der Waals surface area contributed by atoms with Gasteiger partial charge >= 0.3 is 5.97 Å². The lowest BCUT2D eigenvalue weighted by Gasteiger charge is -2.61. The third-order valence-corrected chi connectivity index (χ3v) is 12.2. The molecule has 5 aliphatic rings. The fourth-order valence-electron chi connectivity index (χ4n) is 10.0. The highest BCUT2D eigenvalue weighted by Gasteiger charge is 2.65. The number of amides is 1. The predicted molar refractivity (Wildman–Crippen MR) is 150 cm³/mol. The van der Waals surface area contributed by atoms with Crippen LogP contribution in [0.15, 0.2) is 54.6 Å². The van der Waals surface area contributed by atoms with E-state index in [1.807, 2.05) is 42.5 Å². The second-order valence-electron chi connectivity index (χ2n) is 13.7. The molecule has 40 heavy (non-hydrogen) atoms. The largest absolute Gasteiger partial charge is 0.458 e. The minimum Gasteiger partial charge on any atom is -0.458 e. The Hall–Kier alpha value is -2.99. The molecule has 0 unspecified atom stereocenters. The number of hydrogen-bond acceptors (Lipinski definition) is 5. The molecule has 4 fully saturated rings. The van der Waals surface area contributed by atoms with Crippen molar-refractivity contribution in [3.63, 3.8) is 0 Å². The van der Waals surface area contributed by atoms with Gasteiger partial charge in [0.1, 0.15) is 11.9 Å². The van der Waals surface area contributed by atoms with Gasteiger partial charge < -0.3 is 15.2 Å². The quantitative estimate of drug-likeness (QED) is 0.473. The van der Waals surface area contributed by atoms with Crippen molar-refractivity contribution in [2.75, 3.05) is 5.32 Å². The summed E-state index contributed by atoms with van der Waals surface area (Å²) in [5.41, 5.74) is -0.266. The van der Waals surface area contributed by atoms with Gasteiger partial charge in [0.25, 0.3) is 5.91 Å². The fourth-order valence-corrected chi connectivity index (χ4v) is 10.0. The van der Waals surface area contributed by atoms with E-state index < -0.39 is 17.4 Å².